The number of ether oxygens (including phenoxy) is 2. The van der Waals surface area contributed by atoms with E-state index >= 15 is 0 Å². The molecule has 0 unspecified atom stereocenters. The summed E-state index contributed by atoms with van der Waals surface area (Å²) in [6.07, 6.45) is 3.32. The zero-order valence-corrected chi connectivity index (χ0v) is 10.6. The van der Waals surface area contributed by atoms with Gasteiger partial charge in [-0.2, -0.15) is 0 Å². The van der Waals surface area contributed by atoms with Gasteiger partial charge in [0.15, 0.2) is 0 Å². The second-order valence-electron chi connectivity index (χ2n) is 5.11. The quantitative estimate of drug-likeness (QED) is 0.691. The lowest BCUT2D eigenvalue weighted by Gasteiger charge is -2.21. The van der Waals surface area contributed by atoms with Gasteiger partial charge >= 0.3 is 0 Å². The average molecular weight is 254 g/mol. The van der Waals surface area contributed by atoms with E-state index in [2.05, 4.69) is 13.2 Å². The predicted molar refractivity (Wildman–Crippen MR) is 68.1 cm³/mol. The molecule has 2 heterocycles. The maximum absolute atomic E-state index is 10.0. The summed E-state index contributed by atoms with van der Waals surface area (Å²) in [5.74, 6) is -0.0390. The minimum absolute atomic E-state index is 0.0195. The van der Waals surface area contributed by atoms with Gasteiger partial charge in [-0.15, -0.1) is 13.2 Å². The van der Waals surface area contributed by atoms with E-state index in [-0.39, 0.29) is 24.0 Å². The fourth-order valence-electron chi connectivity index (χ4n) is 2.91. The van der Waals surface area contributed by atoms with Crippen molar-refractivity contribution in [1.29, 1.82) is 0 Å². The van der Waals surface area contributed by atoms with Crippen LogP contribution in [0, 0.1) is 11.8 Å². The summed E-state index contributed by atoms with van der Waals surface area (Å²) >= 11 is 0. The van der Waals surface area contributed by atoms with Gasteiger partial charge < -0.3 is 19.7 Å². The predicted octanol–water partition coefficient (Wildman–Crippen LogP) is 0.890. The first kappa shape index (κ1) is 13.7. The first-order chi connectivity index (χ1) is 8.69. The molecular formula is C14H22O4. The highest BCUT2D eigenvalue weighted by molar-refractivity contribution is 4.99. The Labute approximate surface area is 108 Å². The van der Waals surface area contributed by atoms with Gasteiger partial charge in [-0.05, 0) is 12.8 Å². The number of aliphatic hydroxyl groups is 2. The van der Waals surface area contributed by atoms with Crippen molar-refractivity contribution >= 4 is 0 Å². The highest BCUT2D eigenvalue weighted by atomic mass is 16.6. The third-order valence-corrected chi connectivity index (χ3v) is 3.93. The molecule has 0 aliphatic carbocycles. The van der Waals surface area contributed by atoms with E-state index in [0.717, 1.165) is 0 Å². The summed E-state index contributed by atoms with van der Waals surface area (Å²) < 4.78 is 11.4. The van der Waals surface area contributed by atoms with E-state index in [4.69, 9.17) is 9.47 Å². The Hall–Kier alpha value is -0.680. The topological polar surface area (TPSA) is 58.9 Å². The normalized spacial score (nSPS) is 38.1. The van der Waals surface area contributed by atoms with Crippen molar-refractivity contribution in [3.05, 3.63) is 25.3 Å². The van der Waals surface area contributed by atoms with Gasteiger partial charge in [0, 0.05) is 11.8 Å². The van der Waals surface area contributed by atoms with Crippen LogP contribution in [0.25, 0.3) is 0 Å². The van der Waals surface area contributed by atoms with E-state index < -0.39 is 12.2 Å². The van der Waals surface area contributed by atoms with Crippen LogP contribution < -0.4 is 0 Å². The number of aliphatic hydroxyl groups excluding tert-OH is 2. The first-order valence-electron chi connectivity index (χ1n) is 6.50. The maximum atomic E-state index is 10.0. The fourth-order valence-corrected chi connectivity index (χ4v) is 2.91. The smallest absolute Gasteiger partial charge is 0.0916 e. The van der Waals surface area contributed by atoms with Gasteiger partial charge in [-0.25, -0.2) is 0 Å². The Kier molecular flexibility index (Phi) is 4.56. The lowest BCUT2D eigenvalue weighted by Crippen LogP contribution is -2.35. The monoisotopic (exact) mass is 254 g/mol. The molecule has 2 aliphatic rings. The van der Waals surface area contributed by atoms with Gasteiger partial charge in [-0.3, -0.25) is 0 Å². The van der Waals surface area contributed by atoms with Gasteiger partial charge in [0.2, 0.25) is 0 Å². The molecule has 0 radical (unpaired) electrons. The summed E-state index contributed by atoms with van der Waals surface area (Å²) in [5.41, 5.74) is 0. The molecule has 2 aliphatic heterocycles. The fraction of sp³-hybridized carbons (Fsp3) is 0.714. The van der Waals surface area contributed by atoms with E-state index in [0.29, 0.717) is 26.1 Å². The number of hydrogen-bond acceptors (Lipinski definition) is 4. The minimum Gasteiger partial charge on any atom is -0.392 e. The largest absolute Gasteiger partial charge is 0.392 e. The van der Waals surface area contributed by atoms with Crippen LogP contribution in [0.2, 0.25) is 0 Å². The molecule has 18 heavy (non-hydrogen) atoms. The van der Waals surface area contributed by atoms with Crippen LogP contribution in [-0.2, 0) is 9.47 Å². The number of hydrogen-bond donors (Lipinski definition) is 2. The molecule has 0 bridgehead atoms. The summed E-state index contributed by atoms with van der Waals surface area (Å²) in [7, 11) is 0. The molecule has 6 atom stereocenters. The van der Waals surface area contributed by atoms with Crippen LogP contribution in [-0.4, -0.2) is 47.8 Å². The van der Waals surface area contributed by atoms with Crippen molar-refractivity contribution in [2.45, 2.75) is 37.3 Å². The lowest BCUT2D eigenvalue weighted by molar-refractivity contribution is -0.00113. The van der Waals surface area contributed by atoms with E-state index in [9.17, 15) is 10.2 Å². The molecule has 0 aromatic heterocycles. The zero-order valence-electron chi connectivity index (χ0n) is 10.6. The van der Waals surface area contributed by atoms with Crippen LogP contribution >= 0.6 is 0 Å². The zero-order chi connectivity index (χ0) is 13.1. The molecule has 2 N–H and O–H groups in total. The second kappa shape index (κ2) is 5.97. The molecule has 102 valence electrons. The van der Waals surface area contributed by atoms with E-state index in [1.54, 1.807) is 12.2 Å². The average Bonchev–Trinajstić information content (AvgIpc) is 2.89. The first-order valence-corrected chi connectivity index (χ1v) is 6.50. The summed E-state index contributed by atoms with van der Waals surface area (Å²) in [4.78, 5) is 0. The third kappa shape index (κ3) is 2.52. The molecule has 2 rings (SSSR count). The molecule has 4 nitrogen and oxygen atoms in total. The van der Waals surface area contributed by atoms with E-state index in [1.165, 1.54) is 0 Å². The molecule has 0 saturated carbocycles. The Morgan fingerprint density at radius 1 is 0.944 bits per heavy atom. The van der Waals surface area contributed by atoms with Crippen molar-refractivity contribution in [3.8, 4) is 0 Å². The van der Waals surface area contributed by atoms with Crippen LogP contribution in [0.5, 0.6) is 0 Å². The van der Waals surface area contributed by atoms with Crippen LogP contribution in [0.4, 0.5) is 0 Å². The van der Waals surface area contributed by atoms with Gasteiger partial charge in [-0.1, -0.05) is 12.2 Å². The molecule has 0 aromatic carbocycles. The van der Waals surface area contributed by atoms with Crippen LogP contribution in [0.3, 0.4) is 0 Å². The van der Waals surface area contributed by atoms with Crippen molar-refractivity contribution in [1.82, 2.24) is 0 Å². The Morgan fingerprint density at radius 3 is 1.67 bits per heavy atom. The van der Waals surface area contributed by atoms with Crippen molar-refractivity contribution in [2.75, 3.05) is 13.2 Å². The maximum Gasteiger partial charge on any atom is 0.0916 e. The standard InChI is InChI=1S/C14H22O4/c1-3-5-11(15)9-7-17-14-10(8-18-13(9)14)12(16)6-4-2/h3-4,9-16H,1-2,5-8H2/t9-,10-,11-,12+,13-,14-/m1/s1. The second-order valence-corrected chi connectivity index (χ2v) is 5.11. The van der Waals surface area contributed by atoms with Gasteiger partial charge in [0.05, 0.1) is 37.6 Å². The molecule has 0 aromatic rings. The number of rotatable bonds is 6. The summed E-state index contributed by atoms with van der Waals surface area (Å²) in [6, 6.07) is 0. The number of fused-ring (bicyclic) bond motifs is 1. The SMILES string of the molecule is C=CC[C@@H](O)[C@H]1CO[C@@H]2[C@@H]([C@@H](O)CC=C)CO[C@H]12. The molecular weight excluding hydrogens is 232 g/mol. The van der Waals surface area contributed by atoms with Crippen LogP contribution in [0.15, 0.2) is 25.3 Å². The summed E-state index contributed by atoms with van der Waals surface area (Å²) in [6.45, 7) is 8.24. The molecule has 2 saturated heterocycles. The Balaban J connectivity index is 1.98. The van der Waals surface area contributed by atoms with E-state index in [1.807, 2.05) is 0 Å². The molecule has 2 fully saturated rings. The highest BCUT2D eigenvalue weighted by Gasteiger charge is 2.51. The minimum atomic E-state index is -0.479. The van der Waals surface area contributed by atoms with Crippen molar-refractivity contribution in [2.24, 2.45) is 11.8 Å². The van der Waals surface area contributed by atoms with Crippen molar-refractivity contribution in [3.63, 3.8) is 0 Å². The summed E-state index contributed by atoms with van der Waals surface area (Å²) in [5, 5.41) is 20.0. The van der Waals surface area contributed by atoms with Crippen molar-refractivity contribution < 1.29 is 19.7 Å². The molecule has 0 amide bonds. The van der Waals surface area contributed by atoms with Gasteiger partial charge in [0.25, 0.3) is 0 Å². The van der Waals surface area contributed by atoms with Crippen LogP contribution in [0.1, 0.15) is 12.8 Å². The van der Waals surface area contributed by atoms with Gasteiger partial charge in [0.1, 0.15) is 0 Å². The molecule has 4 heteroatoms. The highest BCUT2D eigenvalue weighted by Crippen LogP contribution is 2.38. The third-order valence-electron chi connectivity index (χ3n) is 3.93. The Morgan fingerprint density at radius 2 is 1.33 bits per heavy atom. The lowest BCUT2D eigenvalue weighted by atomic mass is 9.88. The Bertz CT molecular complexity index is 274. The molecule has 0 spiro atoms.